The molecule has 216 valence electrons. The molecule has 12 heteroatoms. The Bertz CT molecular complexity index is 1390. The maximum absolute atomic E-state index is 13.3. The molecular weight excluding hydrogens is 540 g/mol. The van der Waals surface area contributed by atoms with Crippen molar-refractivity contribution in [2.45, 2.75) is 45.6 Å². The minimum Gasteiger partial charge on any atom is -0.395 e. The molecule has 0 aliphatic carbocycles. The fourth-order valence-electron chi connectivity index (χ4n) is 4.64. The number of rotatable bonds is 10. The first kappa shape index (κ1) is 29.4. The van der Waals surface area contributed by atoms with Gasteiger partial charge >= 0.3 is 6.29 Å². The van der Waals surface area contributed by atoms with E-state index in [-0.39, 0.29) is 23.8 Å². The van der Waals surface area contributed by atoms with Crippen LogP contribution in [0, 0.1) is 17.8 Å². The van der Waals surface area contributed by atoms with Crippen LogP contribution in [-0.2, 0) is 24.0 Å². The molecule has 2 aliphatic heterocycles. The average molecular weight is 570 g/mol. The molecule has 2 aliphatic rings. The van der Waals surface area contributed by atoms with Crippen LogP contribution in [0.25, 0.3) is 6.08 Å². The van der Waals surface area contributed by atoms with E-state index in [4.69, 9.17) is 0 Å². The molecule has 0 saturated carbocycles. The molecule has 0 bridgehead atoms. The highest BCUT2D eigenvalue weighted by Gasteiger charge is 2.46. The Morgan fingerprint density at radius 3 is 2.32 bits per heavy atom. The van der Waals surface area contributed by atoms with Crippen molar-refractivity contribution in [2.24, 2.45) is 17.8 Å². The minimum atomic E-state index is -3.76. The number of ether oxygens (including phenoxy) is 2. The lowest BCUT2D eigenvalue weighted by Crippen LogP contribution is -2.49. The van der Waals surface area contributed by atoms with E-state index in [1.54, 1.807) is 44.2 Å². The van der Waals surface area contributed by atoms with Gasteiger partial charge in [0.05, 0.1) is 24.4 Å². The maximum Gasteiger partial charge on any atom is 0.586 e. The monoisotopic (exact) mass is 569 g/mol. The summed E-state index contributed by atoms with van der Waals surface area (Å²) in [5.41, 5.74) is 1.02. The fourth-order valence-corrected chi connectivity index (χ4v) is 4.64. The Morgan fingerprint density at radius 2 is 1.68 bits per heavy atom. The number of amides is 4. The van der Waals surface area contributed by atoms with Crippen LogP contribution in [0.2, 0.25) is 0 Å². The van der Waals surface area contributed by atoms with Crippen molar-refractivity contribution in [3.8, 4) is 11.5 Å². The number of fused-ring (bicyclic) bond motifs is 1. The van der Waals surface area contributed by atoms with Crippen molar-refractivity contribution < 1.29 is 42.2 Å². The predicted octanol–water partition coefficient (Wildman–Crippen LogP) is 2.89. The normalized spacial score (nSPS) is 20.5. The second-order valence-corrected chi connectivity index (χ2v) is 10.2. The highest BCUT2D eigenvalue weighted by Crippen LogP contribution is 2.41. The van der Waals surface area contributed by atoms with E-state index >= 15 is 0 Å². The molecule has 1 saturated heterocycles. The van der Waals surface area contributed by atoms with Crippen molar-refractivity contribution in [3.05, 3.63) is 65.7 Å². The Hall–Kier alpha value is -4.61. The molecule has 2 aromatic rings. The Balaban J connectivity index is 1.44. The smallest absolute Gasteiger partial charge is 0.395 e. The largest absolute Gasteiger partial charge is 0.586 e. The summed E-state index contributed by atoms with van der Waals surface area (Å²) in [7, 11) is 0. The number of Topliss-reactive ketones (excluding diaryl/α,β-unsaturated/α-hetero) is 1. The number of halogens is 2. The van der Waals surface area contributed by atoms with E-state index in [2.05, 4.69) is 25.4 Å². The van der Waals surface area contributed by atoms with Crippen LogP contribution in [0.1, 0.15) is 44.4 Å². The third-order valence-electron chi connectivity index (χ3n) is 6.80. The lowest BCUT2D eigenvalue weighted by molar-refractivity contribution is -0.286. The summed E-state index contributed by atoms with van der Waals surface area (Å²) in [6.45, 7) is 4.90. The van der Waals surface area contributed by atoms with Crippen molar-refractivity contribution in [1.82, 2.24) is 16.0 Å². The third-order valence-corrected chi connectivity index (χ3v) is 6.80. The molecule has 2 heterocycles. The molecule has 0 aromatic heterocycles. The van der Waals surface area contributed by atoms with Crippen LogP contribution in [0.3, 0.4) is 0 Å². The Morgan fingerprint density at radius 1 is 1.00 bits per heavy atom. The summed E-state index contributed by atoms with van der Waals surface area (Å²) in [6, 6.07) is 10.9. The molecule has 41 heavy (non-hydrogen) atoms. The van der Waals surface area contributed by atoms with Crippen LogP contribution in [-0.4, -0.2) is 41.7 Å². The van der Waals surface area contributed by atoms with Gasteiger partial charge < -0.3 is 20.1 Å². The number of alkyl halides is 2. The van der Waals surface area contributed by atoms with Crippen LogP contribution >= 0.6 is 0 Å². The second kappa shape index (κ2) is 11.9. The molecule has 2 aromatic carbocycles. The van der Waals surface area contributed by atoms with Gasteiger partial charge in [0.25, 0.3) is 0 Å². The molecule has 4 amide bonds. The zero-order chi connectivity index (χ0) is 29.9. The van der Waals surface area contributed by atoms with Gasteiger partial charge in [-0.15, -0.1) is 8.78 Å². The van der Waals surface area contributed by atoms with Gasteiger partial charge in [-0.05, 0) is 35.3 Å². The standard InChI is InChI=1S/C29H29F2N3O7/c1-15(2)25(26(37)24-16(3)27(38)34-28(24)39)33-23(36)14-19(18-7-5-4-6-8-18)32-22(35)12-10-17-9-11-20-21(13-17)41-29(30,31)40-20/h4-13,15-16,19,24-25H,14H2,1-3H3,(H,32,35)(H,33,36)(H,34,38,39)/b12-10+/t16-,19-,24+,25-/m0/s1. The molecule has 4 rings (SSSR count). The molecule has 0 radical (unpaired) electrons. The number of carbonyl (C=O) groups excluding carboxylic acids is 5. The number of imide groups is 1. The molecule has 0 unspecified atom stereocenters. The zero-order valence-corrected chi connectivity index (χ0v) is 22.5. The van der Waals surface area contributed by atoms with E-state index in [1.807, 2.05) is 0 Å². The number of nitrogens with one attached hydrogen (secondary N) is 3. The van der Waals surface area contributed by atoms with Crippen LogP contribution in [0.5, 0.6) is 11.5 Å². The summed E-state index contributed by atoms with van der Waals surface area (Å²) in [5.74, 6) is -5.63. The molecule has 10 nitrogen and oxygen atoms in total. The van der Waals surface area contributed by atoms with Crippen LogP contribution in [0.15, 0.2) is 54.6 Å². The van der Waals surface area contributed by atoms with Crippen molar-refractivity contribution in [3.63, 3.8) is 0 Å². The summed E-state index contributed by atoms with van der Waals surface area (Å²) in [5, 5.41) is 7.57. The third kappa shape index (κ3) is 6.94. The number of hydrogen-bond acceptors (Lipinski definition) is 7. The number of benzene rings is 2. The lowest BCUT2D eigenvalue weighted by atomic mass is 9.85. The summed E-state index contributed by atoms with van der Waals surface area (Å²) in [4.78, 5) is 63.2. The first-order valence-electron chi connectivity index (χ1n) is 13.0. The van der Waals surface area contributed by atoms with Gasteiger partial charge in [0, 0.05) is 6.08 Å². The second-order valence-electron chi connectivity index (χ2n) is 10.2. The zero-order valence-electron chi connectivity index (χ0n) is 22.5. The van der Waals surface area contributed by atoms with E-state index in [1.165, 1.54) is 37.3 Å². The van der Waals surface area contributed by atoms with Gasteiger partial charge in [0.2, 0.25) is 23.6 Å². The number of ketones is 1. The van der Waals surface area contributed by atoms with Crippen molar-refractivity contribution in [2.75, 3.05) is 0 Å². The summed E-state index contributed by atoms with van der Waals surface area (Å²) in [6.07, 6.45) is -1.42. The van der Waals surface area contributed by atoms with Crippen molar-refractivity contribution >= 4 is 35.5 Å². The first-order chi connectivity index (χ1) is 19.3. The minimum absolute atomic E-state index is 0.125. The lowest BCUT2D eigenvalue weighted by Gasteiger charge is -2.25. The molecule has 3 N–H and O–H groups in total. The van der Waals surface area contributed by atoms with E-state index in [9.17, 15) is 32.8 Å². The van der Waals surface area contributed by atoms with E-state index < -0.39 is 59.6 Å². The molecule has 4 atom stereocenters. The van der Waals surface area contributed by atoms with Crippen LogP contribution < -0.4 is 25.4 Å². The summed E-state index contributed by atoms with van der Waals surface area (Å²) >= 11 is 0. The summed E-state index contributed by atoms with van der Waals surface area (Å²) < 4.78 is 35.3. The topological polar surface area (TPSA) is 140 Å². The van der Waals surface area contributed by atoms with Gasteiger partial charge in [-0.25, -0.2) is 0 Å². The first-order valence-corrected chi connectivity index (χ1v) is 13.0. The quantitative estimate of drug-likeness (QED) is 0.227. The highest BCUT2D eigenvalue weighted by molar-refractivity contribution is 6.16. The van der Waals surface area contributed by atoms with E-state index in [0.29, 0.717) is 11.1 Å². The fraction of sp³-hybridized carbons (Fsp3) is 0.345. The van der Waals surface area contributed by atoms with E-state index in [0.717, 1.165) is 0 Å². The van der Waals surface area contributed by atoms with Crippen LogP contribution in [0.4, 0.5) is 8.78 Å². The predicted molar refractivity (Wildman–Crippen MR) is 141 cm³/mol. The molecule has 1 fully saturated rings. The SMILES string of the molecule is CC(C)[C@H](NC(=O)C[C@H](NC(=O)/C=C/c1ccc2c(c1)OC(F)(F)O2)c1ccccc1)C(=O)[C@@H]1C(=O)NC(=O)[C@H]1C. The maximum atomic E-state index is 13.3. The van der Waals surface area contributed by atoms with Gasteiger partial charge in [-0.1, -0.05) is 57.2 Å². The highest BCUT2D eigenvalue weighted by atomic mass is 19.3. The Kier molecular flexibility index (Phi) is 8.50. The number of hydrogen-bond donors (Lipinski definition) is 3. The number of carbonyl (C=O) groups is 5. The Labute approximate surface area is 234 Å². The molecular formula is C29H29F2N3O7. The molecule has 0 spiro atoms. The van der Waals surface area contributed by atoms with Gasteiger partial charge in [0.1, 0.15) is 5.92 Å². The van der Waals surface area contributed by atoms with Gasteiger partial charge in [0.15, 0.2) is 17.3 Å². The van der Waals surface area contributed by atoms with Gasteiger partial charge in [-0.3, -0.25) is 29.3 Å². The van der Waals surface area contributed by atoms with Crippen molar-refractivity contribution in [1.29, 1.82) is 0 Å². The average Bonchev–Trinajstić information content (AvgIpc) is 3.36. The van der Waals surface area contributed by atoms with Gasteiger partial charge in [-0.2, -0.15) is 0 Å².